The molecule has 0 aliphatic carbocycles. The molecule has 0 aliphatic heterocycles. The van der Waals surface area contributed by atoms with Crippen molar-refractivity contribution >= 4 is 17.0 Å². The number of carbonyl (C=O) groups is 1. The van der Waals surface area contributed by atoms with Crippen molar-refractivity contribution in [1.82, 2.24) is 4.90 Å². The highest BCUT2D eigenvalue weighted by atomic mass is 32.2. The van der Waals surface area contributed by atoms with Crippen molar-refractivity contribution in [3.63, 3.8) is 0 Å². The first-order valence-corrected chi connectivity index (χ1v) is 5.49. The Hall–Kier alpha value is -1.16. The van der Waals surface area contributed by atoms with Crippen molar-refractivity contribution in [3.05, 3.63) is 30.3 Å². The van der Waals surface area contributed by atoms with Crippen LogP contribution in [0.5, 0.6) is 5.75 Å². The van der Waals surface area contributed by atoms with Gasteiger partial charge in [-0.3, -0.25) is 4.79 Å². The van der Waals surface area contributed by atoms with E-state index in [2.05, 4.69) is 6.07 Å². The number of benzene rings is 1. The predicted octanol–water partition coefficient (Wildman–Crippen LogP) is 2.63. The summed E-state index contributed by atoms with van der Waals surface area (Å²) in [5, 5.41) is -0.0153. The van der Waals surface area contributed by atoms with E-state index in [4.69, 9.17) is 4.74 Å². The molecule has 1 aromatic carbocycles. The average Bonchev–Trinajstić information content (AvgIpc) is 2.18. The van der Waals surface area contributed by atoms with Crippen molar-refractivity contribution in [2.45, 2.75) is 12.4 Å². The van der Waals surface area contributed by atoms with Gasteiger partial charge in [0.25, 0.3) is 5.24 Å². The average molecular weight is 224 g/mol. The van der Waals surface area contributed by atoms with E-state index in [-0.39, 0.29) is 10.7 Å². The van der Waals surface area contributed by atoms with Crippen LogP contribution in [0.3, 0.4) is 0 Å². The normalized spacial score (nSPS) is 11.9. The van der Waals surface area contributed by atoms with E-state index >= 15 is 0 Å². The van der Waals surface area contributed by atoms with Crippen LogP contribution in [0.1, 0.15) is 6.92 Å². The minimum atomic E-state index is -0.210. The number of ether oxygens (including phenoxy) is 1. The zero-order valence-corrected chi connectivity index (χ0v) is 9.88. The summed E-state index contributed by atoms with van der Waals surface area (Å²) < 4.78 is 5.50. The van der Waals surface area contributed by atoms with Crippen molar-refractivity contribution in [3.8, 4) is 5.75 Å². The van der Waals surface area contributed by atoms with Crippen LogP contribution in [-0.2, 0) is 0 Å². The first-order chi connectivity index (χ1) is 7.09. The molecule has 1 atom stereocenters. The van der Waals surface area contributed by atoms with Crippen molar-refractivity contribution in [1.29, 1.82) is 0 Å². The van der Waals surface area contributed by atoms with Crippen molar-refractivity contribution < 1.29 is 9.53 Å². The summed E-state index contributed by atoms with van der Waals surface area (Å²) in [5.74, 6) is 0.657. The van der Waals surface area contributed by atoms with Gasteiger partial charge in [0.05, 0.1) is 0 Å². The number of carbonyl (C=O) groups excluding carboxylic acids is 1. The molecule has 1 aromatic rings. The van der Waals surface area contributed by atoms with Gasteiger partial charge in [-0.25, -0.2) is 0 Å². The Balaban J connectivity index is 2.43. The minimum Gasteiger partial charge on any atom is -0.479 e. The molecule has 0 saturated carbocycles. The molecule has 0 fully saturated rings. The second-order valence-corrected chi connectivity index (χ2v) is 4.44. The highest BCUT2D eigenvalue weighted by molar-refractivity contribution is 8.13. The lowest BCUT2D eigenvalue weighted by atomic mass is 10.3. The fourth-order valence-corrected chi connectivity index (χ4v) is 1.55. The monoisotopic (exact) mass is 224 g/mol. The molecule has 81 valence electrons. The van der Waals surface area contributed by atoms with E-state index in [1.165, 1.54) is 4.90 Å². The lowest BCUT2D eigenvalue weighted by Crippen LogP contribution is -2.21. The molecule has 3 nitrogen and oxygen atoms in total. The first kappa shape index (κ1) is 11.9. The molecular weight excluding hydrogens is 210 g/mol. The van der Waals surface area contributed by atoms with Crippen LogP contribution in [0.2, 0.25) is 0 Å². The number of amides is 1. The van der Waals surface area contributed by atoms with Crippen LogP contribution in [0.25, 0.3) is 0 Å². The zero-order chi connectivity index (χ0) is 11.3. The number of para-hydroxylation sites is 1. The van der Waals surface area contributed by atoms with Crippen LogP contribution >= 0.6 is 11.8 Å². The van der Waals surface area contributed by atoms with Gasteiger partial charge in [0.1, 0.15) is 5.75 Å². The van der Waals surface area contributed by atoms with Gasteiger partial charge >= 0.3 is 0 Å². The Bertz CT molecular complexity index is 314. The lowest BCUT2D eigenvalue weighted by molar-refractivity contribution is 0.239. The van der Waals surface area contributed by atoms with Gasteiger partial charge in [0.2, 0.25) is 0 Å². The smallest absolute Gasteiger partial charge is 0.284 e. The van der Waals surface area contributed by atoms with E-state index in [9.17, 15) is 4.79 Å². The van der Waals surface area contributed by atoms with Gasteiger partial charge in [-0.05, 0) is 24.8 Å². The number of thioether (sulfide) groups is 1. The molecule has 0 heterocycles. The molecule has 0 N–H and O–H groups in total. The van der Waals surface area contributed by atoms with Gasteiger partial charge in [-0.2, -0.15) is 0 Å². The Kier molecular flexibility index (Phi) is 4.49. The molecular formula is C11H14NO2S. The van der Waals surface area contributed by atoms with E-state index in [0.29, 0.717) is 5.75 Å². The highest BCUT2D eigenvalue weighted by Gasteiger charge is 2.12. The largest absolute Gasteiger partial charge is 0.479 e. The highest BCUT2D eigenvalue weighted by Crippen LogP contribution is 2.18. The molecule has 4 heteroatoms. The molecule has 0 saturated heterocycles. The summed E-state index contributed by atoms with van der Waals surface area (Å²) in [5.41, 5.74) is -0.210. The quantitative estimate of drug-likeness (QED) is 0.739. The van der Waals surface area contributed by atoms with Crippen molar-refractivity contribution in [2.24, 2.45) is 0 Å². The number of hydrogen-bond donors (Lipinski definition) is 0. The summed E-state index contributed by atoms with van der Waals surface area (Å²) in [6.45, 7) is 1.84. The van der Waals surface area contributed by atoms with Crippen LogP contribution < -0.4 is 4.74 Å². The first-order valence-electron chi connectivity index (χ1n) is 4.61. The second kappa shape index (κ2) is 5.66. The van der Waals surface area contributed by atoms with Crippen LogP contribution in [0, 0.1) is 6.07 Å². The van der Waals surface area contributed by atoms with Gasteiger partial charge in [-0.15, -0.1) is 0 Å². The number of hydrogen-bond acceptors (Lipinski definition) is 3. The Morgan fingerprint density at radius 3 is 2.80 bits per heavy atom. The maximum atomic E-state index is 11.3. The fourth-order valence-electron chi connectivity index (χ4n) is 0.900. The maximum absolute atomic E-state index is 11.3. The summed E-state index contributed by atoms with van der Waals surface area (Å²) >= 11 is 1.15. The van der Waals surface area contributed by atoms with E-state index in [1.54, 1.807) is 20.2 Å². The van der Waals surface area contributed by atoms with Crippen LogP contribution in [0.4, 0.5) is 4.79 Å². The molecule has 0 bridgehead atoms. The molecule has 1 radical (unpaired) electrons. The fraction of sp³-hybridized carbons (Fsp3) is 0.364. The van der Waals surface area contributed by atoms with Crippen molar-refractivity contribution in [2.75, 3.05) is 14.1 Å². The topological polar surface area (TPSA) is 29.5 Å². The van der Waals surface area contributed by atoms with Gasteiger partial charge in [0.15, 0.2) is 5.44 Å². The molecule has 1 rings (SSSR count). The summed E-state index contributed by atoms with van der Waals surface area (Å²) in [4.78, 5) is 12.9. The lowest BCUT2D eigenvalue weighted by Gasteiger charge is -2.15. The Labute approximate surface area is 94.4 Å². The molecule has 1 unspecified atom stereocenters. The van der Waals surface area contributed by atoms with E-state index in [1.807, 2.05) is 25.1 Å². The molecule has 15 heavy (non-hydrogen) atoms. The van der Waals surface area contributed by atoms with Crippen LogP contribution in [-0.4, -0.2) is 29.7 Å². The maximum Gasteiger partial charge on any atom is 0.284 e. The molecule has 1 amide bonds. The van der Waals surface area contributed by atoms with Gasteiger partial charge in [-0.1, -0.05) is 18.2 Å². The molecule has 0 spiro atoms. The van der Waals surface area contributed by atoms with E-state index in [0.717, 1.165) is 11.8 Å². The Morgan fingerprint density at radius 1 is 1.53 bits per heavy atom. The standard InChI is InChI=1S/C11H14NO2S/c1-9(15-11(13)12(2)3)14-10-7-5-4-6-8-10/h4-7,9H,1-3H3. The number of rotatable bonds is 3. The third-order valence-corrected chi connectivity index (χ3v) is 2.60. The SMILES string of the molecule is CC(Oc1[c]cccc1)SC(=O)N(C)C. The van der Waals surface area contributed by atoms with E-state index < -0.39 is 0 Å². The summed E-state index contributed by atoms with van der Waals surface area (Å²) in [7, 11) is 3.44. The minimum absolute atomic E-state index is 0.0153. The van der Waals surface area contributed by atoms with Gasteiger partial charge < -0.3 is 9.64 Å². The summed E-state index contributed by atoms with van der Waals surface area (Å²) in [6, 6.07) is 10.3. The third-order valence-electron chi connectivity index (χ3n) is 1.61. The Morgan fingerprint density at radius 2 is 2.27 bits per heavy atom. The predicted molar refractivity (Wildman–Crippen MR) is 62.0 cm³/mol. The second-order valence-electron chi connectivity index (χ2n) is 3.19. The number of nitrogens with zero attached hydrogens (tertiary/aromatic N) is 1. The zero-order valence-electron chi connectivity index (χ0n) is 9.06. The third kappa shape index (κ3) is 4.25. The van der Waals surface area contributed by atoms with Crippen LogP contribution in [0.15, 0.2) is 24.3 Å². The van der Waals surface area contributed by atoms with Gasteiger partial charge in [0, 0.05) is 20.2 Å². The molecule has 0 aromatic heterocycles. The molecule has 0 aliphatic rings. The summed E-state index contributed by atoms with van der Waals surface area (Å²) in [6.07, 6.45) is 0.